The molecule has 0 unspecified atom stereocenters. The maximum absolute atomic E-state index is 11.4. The fraction of sp³-hybridized carbons (Fsp3) is 0.133. The number of benzene rings is 1. The van der Waals surface area contributed by atoms with E-state index in [0.29, 0.717) is 16.3 Å². The molecule has 0 saturated carbocycles. The lowest BCUT2D eigenvalue weighted by atomic mass is 10.2. The van der Waals surface area contributed by atoms with Crippen molar-refractivity contribution in [2.45, 2.75) is 10.6 Å². The van der Waals surface area contributed by atoms with E-state index < -0.39 is 5.97 Å². The summed E-state index contributed by atoms with van der Waals surface area (Å²) < 4.78 is 1.65. The Labute approximate surface area is 125 Å². The van der Waals surface area contributed by atoms with Gasteiger partial charge in [0.2, 0.25) is 0 Å². The molecular weight excluding hydrogens is 286 g/mol. The van der Waals surface area contributed by atoms with Crippen molar-refractivity contribution < 1.29 is 9.90 Å². The zero-order valence-electron chi connectivity index (χ0n) is 11.4. The van der Waals surface area contributed by atoms with Crippen molar-refractivity contribution in [1.82, 2.24) is 14.8 Å². The van der Waals surface area contributed by atoms with Gasteiger partial charge < -0.3 is 5.11 Å². The lowest BCUT2D eigenvalue weighted by Crippen LogP contribution is -2.02. The van der Waals surface area contributed by atoms with Gasteiger partial charge in [-0.3, -0.25) is 4.68 Å². The molecule has 0 amide bonds. The van der Waals surface area contributed by atoms with Gasteiger partial charge in [0.15, 0.2) is 5.65 Å². The van der Waals surface area contributed by atoms with Crippen molar-refractivity contribution in [3.8, 4) is 0 Å². The van der Waals surface area contributed by atoms with Gasteiger partial charge in [0, 0.05) is 23.9 Å². The van der Waals surface area contributed by atoms with Crippen LogP contribution in [0.3, 0.4) is 0 Å². The maximum Gasteiger partial charge on any atom is 0.338 e. The summed E-state index contributed by atoms with van der Waals surface area (Å²) in [7, 11) is 1.79. The molecule has 0 aliphatic heterocycles. The number of fused-ring (bicyclic) bond motifs is 1. The Bertz CT molecular complexity index is 799. The number of carboxylic acid groups (broad SMARTS) is 1. The lowest BCUT2D eigenvalue weighted by molar-refractivity contribution is 0.0693. The van der Waals surface area contributed by atoms with Gasteiger partial charge in [-0.25, -0.2) is 9.78 Å². The third-order valence-corrected chi connectivity index (χ3v) is 4.38. The highest BCUT2D eigenvalue weighted by atomic mass is 32.2. The molecular formula is C15H13N3O2S. The molecule has 0 bridgehead atoms. The number of thioether (sulfide) groups is 1. The van der Waals surface area contributed by atoms with E-state index in [-0.39, 0.29) is 5.56 Å². The summed E-state index contributed by atoms with van der Waals surface area (Å²) in [6.45, 7) is 0. The summed E-state index contributed by atoms with van der Waals surface area (Å²) in [6.07, 6.45) is 3.07. The van der Waals surface area contributed by atoms with Crippen molar-refractivity contribution in [2.24, 2.45) is 7.05 Å². The van der Waals surface area contributed by atoms with Crippen LogP contribution in [-0.4, -0.2) is 25.8 Å². The molecule has 0 saturated heterocycles. The van der Waals surface area contributed by atoms with E-state index in [1.165, 1.54) is 18.0 Å². The Morgan fingerprint density at radius 1 is 1.29 bits per heavy atom. The van der Waals surface area contributed by atoms with Crippen molar-refractivity contribution in [3.05, 3.63) is 53.9 Å². The van der Waals surface area contributed by atoms with Crippen molar-refractivity contribution >= 4 is 28.8 Å². The second-order valence-corrected chi connectivity index (χ2v) is 5.57. The molecule has 0 atom stereocenters. The van der Waals surface area contributed by atoms with Gasteiger partial charge in [-0.1, -0.05) is 30.3 Å². The number of rotatable bonds is 4. The monoisotopic (exact) mass is 299 g/mol. The Balaban J connectivity index is 2.02. The first-order chi connectivity index (χ1) is 10.2. The number of hydrogen-bond donors (Lipinski definition) is 1. The van der Waals surface area contributed by atoms with Crippen molar-refractivity contribution in [3.63, 3.8) is 0 Å². The summed E-state index contributed by atoms with van der Waals surface area (Å²) in [5.74, 6) is -0.265. The summed E-state index contributed by atoms with van der Waals surface area (Å²) >= 11 is 1.50. The number of aromatic nitrogens is 3. The number of hydrogen-bond acceptors (Lipinski definition) is 4. The molecule has 1 N–H and O–H groups in total. The highest BCUT2D eigenvalue weighted by Gasteiger charge is 2.17. The van der Waals surface area contributed by atoms with Gasteiger partial charge >= 0.3 is 5.97 Å². The Kier molecular flexibility index (Phi) is 3.62. The highest BCUT2D eigenvalue weighted by molar-refractivity contribution is 7.98. The van der Waals surface area contributed by atoms with Gasteiger partial charge in [-0.05, 0) is 5.56 Å². The SMILES string of the molecule is Cn1ncc2c(SCc3ccccc3)c(C(=O)O)cnc21. The normalized spacial score (nSPS) is 10.9. The van der Waals surface area contributed by atoms with Crippen molar-refractivity contribution in [1.29, 1.82) is 0 Å². The van der Waals surface area contributed by atoms with Gasteiger partial charge in [-0.2, -0.15) is 5.10 Å². The molecule has 2 heterocycles. The van der Waals surface area contributed by atoms with Crippen molar-refractivity contribution in [2.75, 3.05) is 0 Å². The molecule has 0 aliphatic carbocycles. The zero-order chi connectivity index (χ0) is 14.8. The Morgan fingerprint density at radius 2 is 2.05 bits per heavy atom. The third kappa shape index (κ3) is 2.62. The van der Waals surface area contributed by atoms with Crippen LogP contribution >= 0.6 is 11.8 Å². The van der Waals surface area contributed by atoms with E-state index in [0.717, 1.165) is 10.9 Å². The Hall–Kier alpha value is -2.34. The average molecular weight is 299 g/mol. The first kappa shape index (κ1) is 13.6. The molecule has 3 aromatic rings. The summed E-state index contributed by atoms with van der Waals surface area (Å²) in [5.41, 5.74) is 2.06. The Morgan fingerprint density at radius 3 is 2.76 bits per heavy atom. The largest absolute Gasteiger partial charge is 0.478 e. The molecule has 0 radical (unpaired) electrons. The van der Waals surface area contributed by atoms with Crippen LogP contribution in [0.4, 0.5) is 0 Å². The fourth-order valence-electron chi connectivity index (χ4n) is 2.11. The number of pyridine rings is 1. The molecule has 106 valence electrons. The predicted octanol–water partition coefficient (Wildman–Crippen LogP) is 2.96. The minimum Gasteiger partial charge on any atom is -0.478 e. The third-order valence-electron chi connectivity index (χ3n) is 3.17. The quantitative estimate of drug-likeness (QED) is 0.750. The van der Waals surface area contributed by atoms with E-state index in [9.17, 15) is 9.90 Å². The van der Waals surface area contributed by atoms with Gasteiger partial charge in [0.1, 0.15) is 0 Å². The predicted molar refractivity (Wildman–Crippen MR) is 81.5 cm³/mol. The van der Waals surface area contributed by atoms with Crippen LogP contribution in [0.2, 0.25) is 0 Å². The second-order valence-electron chi connectivity index (χ2n) is 4.59. The van der Waals surface area contributed by atoms with Gasteiger partial charge in [-0.15, -0.1) is 11.8 Å². The second kappa shape index (κ2) is 5.57. The van der Waals surface area contributed by atoms with Crippen LogP contribution in [0.5, 0.6) is 0 Å². The molecule has 0 spiro atoms. The summed E-state index contributed by atoms with van der Waals surface area (Å²) in [4.78, 5) is 16.3. The fourth-order valence-corrected chi connectivity index (χ4v) is 3.21. The van der Waals surface area contributed by atoms with Gasteiger partial charge in [0.05, 0.1) is 17.1 Å². The molecule has 0 fully saturated rings. The van der Waals surface area contributed by atoms with Crippen LogP contribution in [0.25, 0.3) is 11.0 Å². The van der Waals surface area contributed by atoms with Gasteiger partial charge in [0.25, 0.3) is 0 Å². The minimum absolute atomic E-state index is 0.219. The molecule has 0 aliphatic rings. The number of carboxylic acids is 1. The van der Waals surface area contributed by atoms with E-state index in [1.807, 2.05) is 30.3 Å². The van der Waals surface area contributed by atoms with Crippen LogP contribution in [-0.2, 0) is 12.8 Å². The lowest BCUT2D eigenvalue weighted by Gasteiger charge is -2.07. The topological polar surface area (TPSA) is 68.0 Å². The molecule has 21 heavy (non-hydrogen) atoms. The molecule has 2 aromatic heterocycles. The average Bonchev–Trinajstić information content (AvgIpc) is 2.87. The van der Waals surface area contributed by atoms with E-state index >= 15 is 0 Å². The van der Waals surface area contributed by atoms with Crippen LogP contribution in [0, 0.1) is 0 Å². The minimum atomic E-state index is -0.969. The van der Waals surface area contributed by atoms with E-state index in [4.69, 9.17) is 0 Å². The molecule has 5 nitrogen and oxygen atoms in total. The number of nitrogens with zero attached hydrogens (tertiary/aromatic N) is 3. The molecule has 3 rings (SSSR count). The van der Waals surface area contributed by atoms with E-state index in [2.05, 4.69) is 10.1 Å². The number of aromatic carboxylic acids is 1. The van der Waals surface area contributed by atoms with Crippen LogP contribution < -0.4 is 0 Å². The van der Waals surface area contributed by atoms with Crippen LogP contribution in [0.15, 0.2) is 47.6 Å². The number of aryl methyl sites for hydroxylation is 1. The first-order valence-electron chi connectivity index (χ1n) is 6.37. The van der Waals surface area contributed by atoms with E-state index in [1.54, 1.807) is 17.9 Å². The maximum atomic E-state index is 11.4. The molecule has 1 aromatic carbocycles. The zero-order valence-corrected chi connectivity index (χ0v) is 12.2. The highest BCUT2D eigenvalue weighted by Crippen LogP contribution is 2.32. The number of carbonyl (C=O) groups is 1. The summed E-state index contributed by atoms with van der Waals surface area (Å²) in [6, 6.07) is 9.95. The molecule has 6 heteroatoms. The smallest absolute Gasteiger partial charge is 0.338 e. The summed E-state index contributed by atoms with van der Waals surface area (Å²) in [5, 5.41) is 14.3. The first-order valence-corrected chi connectivity index (χ1v) is 7.36. The standard InChI is InChI=1S/C15H13N3O2S/c1-18-14-11(8-17-18)13(12(7-16-14)15(19)20)21-9-10-5-3-2-4-6-10/h2-8H,9H2,1H3,(H,19,20). The van der Waals surface area contributed by atoms with Crippen LogP contribution in [0.1, 0.15) is 15.9 Å².